The zero-order valence-electron chi connectivity index (χ0n) is 14.6. The molecule has 142 valence electrons. The normalized spacial score (nSPS) is 16.9. The van der Waals surface area contributed by atoms with Gasteiger partial charge in [-0.3, -0.25) is 14.6 Å². The van der Waals surface area contributed by atoms with Crippen molar-refractivity contribution in [2.24, 2.45) is 0 Å². The highest BCUT2D eigenvalue weighted by Crippen LogP contribution is 2.29. The van der Waals surface area contributed by atoms with Gasteiger partial charge in [0.05, 0.1) is 5.56 Å². The summed E-state index contributed by atoms with van der Waals surface area (Å²) >= 11 is 1.22. The topological polar surface area (TPSA) is 28.5 Å². The lowest BCUT2D eigenvalue weighted by atomic mass is 10.1. The lowest BCUT2D eigenvalue weighted by molar-refractivity contribution is -0.137. The fourth-order valence-electron chi connectivity index (χ4n) is 3.19. The van der Waals surface area contributed by atoms with Crippen molar-refractivity contribution in [3.05, 3.63) is 56.1 Å². The van der Waals surface area contributed by atoms with Crippen LogP contribution >= 0.6 is 11.3 Å². The molecule has 1 aromatic carbocycles. The maximum absolute atomic E-state index is 12.8. The Morgan fingerprint density at radius 1 is 1.08 bits per heavy atom. The largest absolute Gasteiger partial charge is 0.416 e. The molecule has 0 amide bonds. The van der Waals surface area contributed by atoms with Gasteiger partial charge in [-0.15, -0.1) is 0 Å². The van der Waals surface area contributed by atoms with Crippen LogP contribution in [0.4, 0.5) is 13.2 Å². The zero-order valence-corrected chi connectivity index (χ0v) is 15.4. The highest BCUT2D eigenvalue weighted by atomic mass is 32.1. The van der Waals surface area contributed by atoms with Crippen molar-refractivity contribution in [3.8, 4) is 0 Å². The molecule has 1 aliphatic rings. The summed E-state index contributed by atoms with van der Waals surface area (Å²) in [4.78, 5) is 16.3. The number of halogens is 3. The first-order valence-electron chi connectivity index (χ1n) is 8.59. The van der Waals surface area contributed by atoms with Crippen LogP contribution in [0.25, 0.3) is 0 Å². The maximum atomic E-state index is 12.8. The van der Waals surface area contributed by atoms with Crippen LogP contribution in [0.1, 0.15) is 16.8 Å². The molecule has 1 fully saturated rings. The number of rotatable bonds is 5. The van der Waals surface area contributed by atoms with E-state index in [2.05, 4.69) is 9.80 Å². The number of aromatic nitrogens is 1. The molecule has 3 rings (SSSR count). The second kappa shape index (κ2) is 7.94. The van der Waals surface area contributed by atoms with Crippen LogP contribution in [0.15, 0.2) is 34.4 Å². The van der Waals surface area contributed by atoms with Crippen molar-refractivity contribution in [1.29, 1.82) is 0 Å². The third kappa shape index (κ3) is 4.75. The number of thiazole rings is 1. The highest BCUT2D eigenvalue weighted by molar-refractivity contribution is 7.07. The Kier molecular flexibility index (Phi) is 5.84. The summed E-state index contributed by atoms with van der Waals surface area (Å²) in [6, 6.07) is 5.55. The summed E-state index contributed by atoms with van der Waals surface area (Å²) in [6.45, 7) is 7.30. The van der Waals surface area contributed by atoms with Gasteiger partial charge in [0, 0.05) is 56.9 Å². The Morgan fingerprint density at radius 2 is 1.77 bits per heavy atom. The monoisotopic (exact) mass is 385 g/mol. The van der Waals surface area contributed by atoms with E-state index in [9.17, 15) is 18.0 Å². The van der Waals surface area contributed by atoms with E-state index in [1.54, 1.807) is 10.6 Å². The van der Waals surface area contributed by atoms with Gasteiger partial charge in [0.1, 0.15) is 0 Å². The van der Waals surface area contributed by atoms with Crippen molar-refractivity contribution in [3.63, 3.8) is 0 Å². The molecule has 2 aromatic rings. The van der Waals surface area contributed by atoms with Crippen molar-refractivity contribution < 1.29 is 13.2 Å². The van der Waals surface area contributed by atoms with Crippen LogP contribution in [0.5, 0.6) is 0 Å². The van der Waals surface area contributed by atoms with Gasteiger partial charge in [-0.25, -0.2) is 0 Å². The van der Waals surface area contributed by atoms with Crippen molar-refractivity contribution in [2.45, 2.75) is 26.2 Å². The molecule has 2 heterocycles. The molecule has 0 saturated carbocycles. The van der Waals surface area contributed by atoms with Gasteiger partial charge < -0.3 is 4.57 Å². The van der Waals surface area contributed by atoms with Gasteiger partial charge >= 0.3 is 11.0 Å². The number of benzene rings is 1. The third-order valence-electron chi connectivity index (χ3n) is 4.74. The number of hydrogen-bond donors (Lipinski definition) is 0. The van der Waals surface area contributed by atoms with E-state index in [0.29, 0.717) is 18.7 Å². The molecule has 0 aliphatic carbocycles. The van der Waals surface area contributed by atoms with E-state index < -0.39 is 11.7 Å². The summed E-state index contributed by atoms with van der Waals surface area (Å²) in [6.07, 6.45) is -4.30. The van der Waals surface area contributed by atoms with Crippen LogP contribution in [0, 0.1) is 6.92 Å². The average Bonchev–Trinajstić information content (AvgIpc) is 2.92. The van der Waals surface area contributed by atoms with Gasteiger partial charge in [0.2, 0.25) is 0 Å². The molecule has 0 bridgehead atoms. The van der Waals surface area contributed by atoms with E-state index in [0.717, 1.165) is 44.5 Å². The smallest absolute Gasteiger partial charge is 0.302 e. The average molecular weight is 385 g/mol. The lowest BCUT2D eigenvalue weighted by Gasteiger charge is -2.34. The zero-order chi connectivity index (χ0) is 18.7. The van der Waals surface area contributed by atoms with Gasteiger partial charge in [-0.1, -0.05) is 29.5 Å². The van der Waals surface area contributed by atoms with Crippen molar-refractivity contribution in [1.82, 2.24) is 14.4 Å². The Labute approximate surface area is 154 Å². The molecule has 1 aliphatic heterocycles. The molecule has 1 aromatic heterocycles. The molecular formula is C18H22F3N3OS. The van der Waals surface area contributed by atoms with Crippen molar-refractivity contribution in [2.75, 3.05) is 32.7 Å². The minimum absolute atomic E-state index is 0.0747. The molecular weight excluding hydrogens is 363 g/mol. The van der Waals surface area contributed by atoms with E-state index in [1.807, 2.05) is 12.3 Å². The number of nitrogens with zero attached hydrogens (tertiary/aromatic N) is 3. The van der Waals surface area contributed by atoms with Crippen LogP contribution < -0.4 is 4.87 Å². The van der Waals surface area contributed by atoms with E-state index in [-0.39, 0.29) is 4.87 Å². The second-order valence-electron chi connectivity index (χ2n) is 6.61. The Balaban J connectivity index is 1.49. The number of aryl methyl sites for hydroxylation is 1. The Hall–Kier alpha value is -1.64. The van der Waals surface area contributed by atoms with Gasteiger partial charge in [-0.2, -0.15) is 13.2 Å². The predicted octanol–water partition coefficient (Wildman–Crippen LogP) is 3.05. The van der Waals surface area contributed by atoms with Crippen LogP contribution in [0.3, 0.4) is 0 Å². The van der Waals surface area contributed by atoms with E-state index in [4.69, 9.17) is 0 Å². The summed E-state index contributed by atoms with van der Waals surface area (Å²) in [5.41, 5.74) is 1.09. The van der Waals surface area contributed by atoms with Crippen molar-refractivity contribution >= 4 is 11.3 Å². The fourth-order valence-corrected chi connectivity index (χ4v) is 3.95. The summed E-state index contributed by atoms with van der Waals surface area (Å²) < 4.78 is 40.2. The first kappa shape index (κ1) is 19.1. The minimum atomic E-state index is -4.30. The molecule has 0 spiro atoms. The standard InChI is InChI=1S/C18H22F3N3OS/c1-14-13-26-17(25)24(14)10-9-22-5-7-23(8-6-22)12-15-3-2-4-16(11-15)18(19,20)21/h2-4,11,13H,5-10,12H2,1H3. The van der Waals surface area contributed by atoms with Crippen LogP contribution in [-0.4, -0.2) is 47.1 Å². The molecule has 4 nitrogen and oxygen atoms in total. The number of alkyl halides is 3. The Bertz CT molecular complexity index is 791. The number of piperazine rings is 1. The fraction of sp³-hybridized carbons (Fsp3) is 0.500. The first-order valence-corrected chi connectivity index (χ1v) is 9.46. The molecule has 0 atom stereocenters. The summed E-state index contributed by atoms with van der Waals surface area (Å²) in [7, 11) is 0. The quantitative estimate of drug-likeness (QED) is 0.792. The summed E-state index contributed by atoms with van der Waals surface area (Å²) in [5.74, 6) is 0. The third-order valence-corrected chi connectivity index (χ3v) is 5.62. The predicted molar refractivity (Wildman–Crippen MR) is 96.5 cm³/mol. The molecule has 0 unspecified atom stereocenters. The van der Waals surface area contributed by atoms with Gasteiger partial charge in [0.15, 0.2) is 0 Å². The highest BCUT2D eigenvalue weighted by Gasteiger charge is 2.30. The first-order chi connectivity index (χ1) is 12.3. The van der Waals surface area contributed by atoms with E-state index in [1.165, 1.54) is 23.5 Å². The number of hydrogen-bond acceptors (Lipinski definition) is 4. The second-order valence-corrected chi connectivity index (χ2v) is 7.43. The summed E-state index contributed by atoms with van der Waals surface area (Å²) in [5, 5.41) is 1.87. The lowest BCUT2D eigenvalue weighted by Crippen LogP contribution is -2.47. The molecule has 8 heteroatoms. The molecule has 1 saturated heterocycles. The maximum Gasteiger partial charge on any atom is 0.416 e. The van der Waals surface area contributed by atoms with Crippen LogP contribution in [0.2, 0.25) is 0 Å². The Morgan fingerprint density at radius 3 is 2.38 bits per heavy atom. The minimum Gasteiger partial charge on any atom is -0.302 e. The SMILES string of the molecule is Cc1csc(=O)n1CCN1CCN(Cc2cccc(C(F)(F)F)c2)CC1. The van der Waals surface area contributed by atoms with Crippen LogP contribution in [-0.2, 0) is 19.3 Å². The van der Waals surface area contributed by atoms with E-state index >= 15 is 0 Å². The molecule has 26 heavy (non-hydrogen) atoms. The molecule has 0 N–H and O–H groups in total. The van der Waals surface area contributed by atoms with Gasteiger partial charge in [0.25, 0.3) is 0 Å². The van der Waals surface area contributed by atoms with Gasteiger partial charge in [-0.05, 0) is 18.6 Å². The molecule has 0 radical (unpaired) electrons.